The van der Waals surface area contributed by atoms with Gasteiger partial charge in [-0.2, -0.15) is 0 Å². The Kier molecular flexibility index (Phi) is 3.00. The highest BCUT2D eigenvalue weighted by Crippen LogP contribution is 2.37. The molecule has 0 unspecified atom stereocenters. The van der Waals surface area contributed by atoms with Gasteiger partial charge in [0.25, 0.3) is 0 Å². The number of halogens is 1. The zero-order chi connectivity index (χ0) is 12.4. The van der Waals surface area contributed by atoms with Crippen molar-refractivity contribution in [2.24, 2.45) is 0 Å². The molecule has 0 radical (unpaired) electrons. The standard InChI is InChI=1S/C14H13FO2/c1-9-8-10(6-7-12(9)15)11-4-3-5-13(17-2)14(11)16/h3-8,16H,1-2H3. The lowest BCUT2D eigenvalue weighted by Gasteiger charge is -2.09. The van der Waals surface area contributed by atoms with E-state index in [2.05, 4.69) is 0 Å². The molecule has 0 fully saturated rings. The minimum Gasteiger partial charge on any atom is -0.504 e. The average Bonchev–Trinajstić information content (AvgIpc) is 2.33. The van der Waals surface area contributed by atoms with Gasteiger partial charge in [-0.05, 0) is 36.2 Å². The fourth-order valence-electron chi connectivity index (χ4n) is 1.73. The van der Waals surface area contributed by atoms with Gasteiger partial charge in [-0.15, -0.1) is 0 Å². The second-order valence-corrected chi connectivity index (χ2v) is 3.82. The van der Waals surface area contributed by atoms with Crippen LogP contribution in [0.4, 0.5) is 4.39 Å². The molecule has 0 bridgehead atoms. The van der Waals surface area contributed by atoms with Crippen LogP contribution in [-0.2, 0) is 0 Å². The maximum absolute atomic E-state index is 13.2. The molecular formula is C14H13FO2. The molecule has 0 aliphatic heterocycles. The molecule has 2 aromatic carbocycles. The number of hydrogen-bond acceptors (Lipinski definition) is 2. The number of methoxy groups -OCH3 is 1. The van der Waals surface area contributed by atoms with Crippen molar-refractivity contribution in [3.05, 3.63) is 47.8 Å². The molecule has 88 valence electrons. The number of rotatable bonds is 2. The van der Waals surface area contributed by atoms with Crippen molar-refractivity contribution in [2.45, 2.75) is 6.92 Å². The predicted molar refractivity (Wildman–Crippen MR) is 64.8 cm³/mol. The number of phenolic OH excluding ortho intramolecular Hbond substituents is 1. The van der Waals surface area contributed by atoms with Gasteiger partial charge in [-0.1, -0.05) is 18.2 Å². The van der Waals surface area contributed by atoms with E-state index in [-0.39, 0.29) is 11.6 Å². The van der Waals surface area contributed by atoms with Crippen molar-refractivity contribution in [2.75, 3.05) is 7.11 Å². The largest absolute Gasteiger partial charge is 0.504 e. The first-order valence-corrected chi connectivity index (χ1v) is 5.26. The molecule has 3 heteroatoms. The second kappa shape index (κ2) is 4.45. The molecule has 0 atom stereocenters. The fraction of sp³-hybridized carbons (Fsp3) is 0.143. The average molecular weight is 232 g/mol. The van der Waals surface area contributed by atoms with E-state index in [4.69, 9.17) is 4.74 Å². The molecule has 0 heterocycles. The molecule has 17 heavy (non-hydrogen) atoms. The van der Waals surface area contributed by atoms with Gasteiger partial charge in [0.15, 0.2) is 11.5 Å². The van der Waals surface area contributed by atoms with Gasteiger partial charge in [0.1, 0.15) is 5.82 Å². The lowest BCUT2D eigenvalue weighted by molar-refractivity contribution is 0.374. The summed E-state index contributed by atoms with van der Waals surface area (Å²) in [4.78, 5) is 0. The summed E-state index contributed by atoms with van der Waals surface area (Å²) < 4.78 is 18.2. The van der Waals surface area contributed by atoms with E-state index in [1.807, 2.05) is 0 Å². The summed E-state index contributed by atoms with van der Waals surface area (Å²) in [6, 6.07) is 9.95. The van der Waals surface area contributed by atoms with Crippen LogP contribution in [0, 0.1) is 12.7 Å². The molecule has 0 saturated heterocycles. The topological polar surface area (TPSA) is 29.5 Å². The summed E-state index contributed by atoms with van der Waals surface area (Å²) in [7, 11) is 1.49. The van der Waals surface area contributed by atoms with Crippen LogP contribution in [0.3, 0.4) is 0 Å². The first-order valence-electron chi connectivity index (χ1n) is 5.26. The van der Waals surface area contributed by atoms with Crippen LogP contribution in [0.25, 0.3) is 11.1 Å². The molecule has 0 aliphatic carbocycles. The normalized spacial score (nSPS) is 10.3. The van der Waals surface area contributed by atoms with E-state index in [0.717, 1.165) is 5.56 Å². The van der Waals surface area contributed by atoms with Gasteiger partial charge in [0, 0.05) is 5.56 Å². The third-order valence-corrected chi connectivity index (χ3v) is 2.69. The number of phenols is 1. The lowest BCUT2D eigenvalue weighted by Crippen LogP contribution is -1.88. The van der Waals surface area contributed by atoms with Gasteiger partial charge < -0.3 is 9.84 Å². The Labute approximate surface area is 99.3 Å². The van der Waals surface area contributed by atoms with Crippen molar-refractivity contribution >= 4 is 0 Å². The first-order chi connectivity index (χ1) is 8.13. The van der Waals surface area contributed by atoms with Crippen LogP contribution in [0.5, 0.6) is 11.5 Å². The number of ether oxygens (including phenoxy) is 1. The SMILES string of the molecule is COc1cccc(-c2ccc(F)c(C)c2)c1O. The Morgan fingerprint density at radius 3 is 2.59 bits per heavy atom. The summed E-state index contributed by atoms with van der Waals surface area (Å²) in [5, 5.41) is 9.98. The molecule has 2 aromatic rings. The molecule has 0 saturated carbocycles. The molecule has 2 nitrogen and oxygen atoms in total. The highest BCUT2D eigenvalue weighted by Gasteiger charge is 2.10. The van der Waals surface area contributed by atoms with Crippen LogP contribution in [0.15, 0.2) is 36.4 Å². The number of aromatic hydroxyl groups is 1. The number of benzene rings is 2. The van der Waals surface area contributed by atoms with E-state index < -0.39 is 0 Å². The molecule has 0 spiro atoms. The van der Waals surface area contributed by atoms with Crippen LogP contribution >= 0.6 is 0 Å². The smallest absolute Gasteiger partial charge is 0.165 e. The van der Waals surface area contributed by atoms with Crippen LogP contribution in [-0.4, -0.2) is 12.2 Å². The van der Waals surface area contributed by atoms with Gasteiger partial charge in [-0.25, -0.2) is 4.39 Å². The molecular weight excluding hydrogens is 219 g/mol. The summed E-state index contributed by atoms with van der Waals surface area (Å²) in [6.45, 7) is 1.69. The number of hydrogen-bond donors (Lipinski definition) is 1. The van der Waals surface area contributed by atoms with Crippen LogP contribution < -0.4 is 4.74 Å². The van der Waals surface area contributed by atoms with Crippen LogP contribution in [0.1, 0.15) is 5.56 Å². The summed E-state index contributed by atoms with van der Waals surface area (Å²) in [5.74, 6) is 0.224. The highest BCUT2D eigenvalue weighted by molar-refractivity contribution is 5.73. The third-order valence-electron chi connectivity index (χ3n) is 2.69. The Bertz CT molecular complexity index is 550. The number of aryl methyl sites for hydroxylation is 1. The van der Waals surface area contributed by atoms with Crippen molar-refractivity contribution in [3.63, 3.8) is 0 Å². The molecule has 0 aromatic heterocycles. The minimum absolute atomic E-state index is 0.0704. The lowest BCUT2D eigenvalue weighted by atomic mass is 10.0. The summed E-state index contributed by atoms with van der Waals surface area (Å²) in [5.41, 5.74) is 1.94. The van der Waals surface area contributed by atoms with E-state index in [1.54, 1.807) is 37.3 Å². The zero-order valence-corrected chi connectivity index (χ0v) is 9.70. The second-order valence-electron chi connectivity index (χ2n) is 3.82. The van der Waals surface area contributed by atoms with Gasteiger partial charge in [0.05, 0.1) is 7.11 Å². The Morgan fingerprint density at radius 1 is 1.18 bits per heavy atom. The molecule has 2 rings (SSSR count). The van der Waals surface area contributed by atoms with Crippen LogP contribution in [0.2, 0.25) is 0 Å². The molecule has 0 amide bonds. The van der Waals surface area contributed by atoms with Gasteiger partial charge in [0.2, 0.25) is 0 Å². The maximum Gasteiger partial charge on any atom is 0.165 e. The molecule has 1 N–H and O–H groups in total. The quantitative estimate of drug-likeness (QED) is 0.858. The minimum atomic E-state index is -0.254. The monoisotopic (exact) mass is 232 g/mol. The maximum atomic E-state index is 13.2. The Hall–Kier alpha value is -2.03. The van der Waals surface area contributed by atoms with E-state index in [9.17, 15) is 9.50 Å². The van der Waals surface area contributed by atoms with E-state index >= 15 is 0 Å². The van der Waals surface area contributed by atoms with Crippen molar-refractivity contribution < 1.29 is 14.2 Å². The molecule has 0 aliphatic rings. The van der Waals surface area contributed by atoms with Crippen molar-refractivity contribution in [3.8, 4) is 22.6 Å². The predicted octanol–water partition coefficient (Wildman–Crippen LogP) is 3.52. The van der Waals surface area contributed by atoms with Gasteiger partial charge in [-0.3, -0.25) is 0 Å². The van der Waals surface area contributed by atoms with Crippen molar-refractivity contribution in [1.82, 2.24) is 0 Å². The number of para-hydroxylation sites is 1. The fourth-order valence-corrected chi connectivity index (χ4v) is 1.73. The third kappa shape index (κ3) is 2.09. The van der Waals surface area contributed by atoms with Gasteiger partial charge >= 0.3 is 0 Å². The summed E-state index contributed by atoms with van der Waals surface area (Å²) in [6.07, 6.45) is 0. The van der Waals surface area contributed by atoms with Crippen molar-refractivity contribution in [1.29, 1.82) is 0 Å². The first kappa shape index (κ1) is 11.5. The zero-order valence-electron chi connectivity index (χ0n) is 9.70. The Balaban J connectivity index is 2.56. The van der Waals surface area contributed by atoms with E-state index in [0.29, 0.717) is 16.9 Å². The van der Waals surface area contributed by atoms with E-state index in [1.165, 1.54) is 13.2 Å². The highest BCUT2D eigenvalue weighted by atomic mass is 19.1. The summed E-state index contributed by atoms with van der Waals surface area (Å²) >= 11 is 0. The Morgan fingerprint density at radius 2 is 1.94 bits per heavy atom.